The van der Waals surface area contributed by atoms with Crippen molar-refractivity contribution in [2.45, 2.75) is 49.8 Å². The molecule has 0 aliphatic carbocycles. The number of esters is 2. The van der Waals surface area contributed by atoms with Gasteiger partial charge in [-0.1, -0.05) is 32.0 Å². The first-order chi connectivity index (χ1) is 16.7. The average molecular weight is 528 g/mol. The second-order valence-electron chi connectivity index (χ2n) is 8.74. The van der Waals surface area contributed by atoms with Gasteiger partial charge in [-0.2, -0.15) is 0 Å². The summed E-state index contributed by atoms with van der Waals surface area (Å²) in [6, 6.07) is -0.642. The fourth-order valence-corrected chi connectivity index (χ4v) is 5.75. The average Bonchev–Trinajstić information content (AvgIpc) is 3.29. The number of fused-ring (bicyclic) bond motifs is 1. The van der Waals surface area contributed by atoms with E-state index >= 15 is 0 Å². The van der Waals surface area contributed by atoms with Crippen molar-refractivity contribution < 1.29 is 23.9 Å². The second-order valence-corrected chi connectivity index (χ2v) is 10.8. The molecule has 1 aromatic heterocycles. The number of hydrogen-bond donors (Lipinski definition) is 1. The minimum atomic E-state index is -0.642. The summed E-state index contributed by atoms with van der Waals surface area (Å²) in [6.07, 6.45) is 1.20. The van der Waals surface area contributed by atoms with Crippen LogP contribution in [0.1, 0.15) is 26.7 Å². The number of rotatable bonds is 13. The highest BCUT2D eigenvalue weighted by Crippen LogP contribution is 2.41. The maximum absolute atomic E-state index is 13.0. The number of likely N-dealkylation sites (N-methyl/N-ethyl adjacent to an activating group) is 1. The van der Waals surface area contributed by atoms with Crippen molar-refractivity contribution >= 4 is 41.4 Å². The molecule has 12 nitrogen and oxygen atoms in total. The molecule has 1 saturated heterocycles. The van der Waals surface area contributed by atoms with Crippen molar-refractivity contribution in [2.75, 3.05) is 45.4 Å². The summed E-state index contributed by atoms with van der Waals surface area (Å²) in [5.74, 6) is -0.0871. The molecule has 0 bridgehead atoms. The van der Waals surface area contributed by atoms with Crippen molar-refractivity contribution in [3.8, 4) is 0 Å². The smallest absolute Gasteiger partial charge is 0.355 e. The number of ether oxygens (including phenoxy) is 2. The van der Waals surface area contributed by atoms with Gasteiger partial charge in [0, 0.05) is 24.5 Å². The van der Waals surface area contributed by atoms with Crippen LogP contribution in [0.15, 0.2) is 16.4 Å². The van der Waals surface area contributed by atoms with Crippen LogP contribution >= 0.6 is 23.5 Å². The fraction of sp³-hybridized carbons (Fsp3) is 0.714. The van der Waals surface area contributed by atoms with Gasteiger partial charge in [-0.15, -0.1) is 16.9 Å². The number of carbonyl (C=O) groups is 3. The van der Waals surface area contributed by atoms with E-state index in [9.17, 15) is 14.4 Å². The van der Waals surface area contributed by atoms with Gasteiger partial charge in [0.05, 0.1) is 6.54 Å². The second kappa shape index (κ2) is 12.7. The zero-order chi connectivity index (χ0) is 25.5. The first-order valence-electron chi connectivity index (χ1n) is 11.5. The number of amides is 1. The van der Waals surface area contributed by atoms with Crippen LogP contribution in [0.4, 0.5) is 0 Å². The molecule has 1 amide bonds. The zero-order valence-electron chi connectivity index (χ0n) is 20.5. The van der Waals surface area contributed by atoms with Crippen molar-refractivity contribution in [2.24, 2.45) is 11.7 Å². The normalized spacial score (nSPS) is 20.5. The maximum Gasteiger partial charge on any atom is 0.355 e. The van der Waals surface area contributed by atoms with Gasteiger partial charge in [-0.25, -0.2) is 9.48 Å². The molecule has 2 N–H and O–H groups in total. The van der Waals surface area contributed by atoms with Gasteiger partial charge in [0.25, 0.3) is 0 Å². The van der Waals surface area contributed by atoms with E-state index in [1.54, 1.807) is 4.68 Å². The third-order valence-corrected chi connectivity index (χ3v) is 8.11. The predicted molar refractivity (Wildman–Crippen MR) is 131 cm³/mol. The first kappa shape index (κ1) is 27.4. The topological polar surface area (TPSA) is 146 Å². The number of β-lactam (4-membered cyclic amide) rings is 1. The highest BCUT2D eigenvalue weighted by Gasteiger charge is 2.52. The number of hydrogen-bond acceptors (Lipinski definition) is 12. The minimum Gasteiger partial charge on any atom is -0.462 e. The number of thioether (sulfide) groups is 2. The van der Waals surface area contributed by atoms with Crippen molar-refractivity contribution in [3.05, 3.63) is 11.3 Å². The Labute approximate surface area is 213 Å². The van der Waals surface area contributed by atoms with E-state index in [2.05, 4.69) is 15.5 Å². The summed E-state index contributed by atoms with van der Waals surface area (Å²) in [5, 5.41) is 12.2. The maximum atomic E-state index is 13.0. The predicted octanol–water partition coefficient (Wildman–Crippen LogP) is 0.346. The first-order valence-corrected chi connectivity index (χ1v) is 13.5. The highest BCUT2D eigenvalue weighted by atomic mass is 32.2. The molecule has 1 unspecified atom stereocenters. The third kappa shape index (κ3) is 6.96. The molecule has 2 aliphatic heterocycles. The molecule has 0 spiro atoms. The Balaban J connectivity index is 1.63. The Morgan fingerprint density at radius 1 is 1.31 bits per heavy atom. The zero-order valence-corrected chi connectivity index (χ0v) is 22.1. The minimum absolute atomic E-state index is 0.0370. The molecule has 0 radical (unpaired) electrons. The molecule has 1 fully saturated rings. The SMILES string of the molecule is CCC(C)CC(=O)OCCOC(=O)C1=C(CSc2nnnn2CCN(C)C)CS[C@H]2[C@H](N)C(=O)N12. The van der Waals surface area contributed by atoms with Crippen LogP contribution in [0.5, 0.6) is 0 Å². The van der Waals surface area contributed by atoms with Crippen molar-refractivity contribution in [1.82, 2.24) is 30.0 Å². The van der Waals surface area contributed by atoms with Crippen LogP contribution in [0.3, 0.4) is 0 Å². The highest BCUT2D eigenvalue weighted by molar-refractivity contribution is 8.01. The summed E-state index contributed by atoms with van der Waals surface area (Å²) < 4.78 is 12.2. The van der Waals surface area contributed by atoms with E-state index < -0.39 is 12.0 Å². The van der Waals surface area contributed by atoms with E-state index in [0.29, 0.717) is 29.6 Å². The Bertz CT molecular complexity index is 954. The molecule has 194 valence electrons. The fourth-order valence-electron chi connectivity index (χ4n) is 3.41. The van der Waals surface area contributed by atoms with E-state index in [-0.39, 0.29) is 42.1 Å². The number of nitrogens with zero attached hydrogens (tertiary/aromatic N) is 6. The third-order valence-electron chi connectivity index (χ3n) is 5.71. The van der Waals surface area contributed by atoms with Crippen LogP contribution in [-0.4, -0.2) is 105 Å². The van der Waals surface area contributed by atoms with Gasteiger partial charge >= 0.3 is 11.9 Å². The molecular formula is C21H33N7O5S2. The summed E-state index contributed by atoms with van der Waals surface area (Å²) in [4.78, 5) is 40.8. The van der Waals surface area contributed by atoms with Crippen LogP contribution in [0.2, 0.25) is 0 Å². The van der Waals surface area contributed by atoms with E-state index in [1.807, 2.05) is 32.8 Å². The monoisotopic (exact) mass is 527 g/mol. The summed E-state index contributed by atoms with van der Waals surface area (Å²) >= 11 is 2.91. The van der Waals surface area contributed by atoms with Crippen LogP contribution in [-0.2, 0) is 30.4 Å². The molecular weight excluding hydrogens is 494 g/mol. The number of aromatic nitrogens is 4. The summed E-state index contributed by atoms with van der Waals surface area (Å²) in [5.41, 5.74) is 6.90. The quantitative estimate of drug-likeness (QED) is 0.163. The number of carbonyl (C=O) groups excluding carboxylic acids is 3. The largest absolute Gasteiger partial charge is 0.462 e. The molecule has 2 aliphatic rings. The lowest BCUT2D eigenvalue weighted by molar-refractivity contribution is -0.154. The molecule has 3 atom stereocenters. The lowest BCUT2D eigenvalue weighted by atomic mass is 10.0. The van der Waals surface area contributed by atoms with Gasteiger partial charge in [0.15, 0.2) is 0 Å². The van der Waals surface area contributed by atoms with Gasteiger partial charge < -0.3 is 20.1 Å². The summed E-state index contributed by atoms with van der Waals surface area (Å²) in [6.45, 7) is 5.25. The van der Waals surface area contributed by atoms with Gasteiger partial charge in [-0.05, 0) is 36.0 Å². The Hall–Kier alpha value is -2.16. The van der Waals surface area contributed by atoms with Gasteiger partial charge in [-0.3, -0.25) is 14.5 Å². The van der Waals surface area contributed by atoms with Crippen LogP contribution in [0, 0.1) is 5.92 Å². The standard InChI is InChI=1S/C21H33N7O5S2/c1-5-13(2)10-15(29)32-8-9-33-20(31)17-14(11-34-19-16(22)18(30)28(17)19)12-35-21-23-24-25-27(21)7-6-26(3)4/h13,16,19H,5-12,22H2,1-4H3/t13?,16-,19+/m1/s1. The molecule has 35 heavy (non-hydrogen) atoms. The number of nitrogens with two attached hydrogens (primary N) is 1. The Morgan fingerprint density at radius 2 is 2.06 bits per heavy atom. The van der Waals surface area contributed by atoms with Crippen LogP contribution in [0.25, 0.3) is 0 Å². The van der Waals surface area contributed by atoms with E-state index in [1.165, 1.54) is 28.4 Å². The van der Waals surface area contributed by atoms with E-state index in [0.717, 1.165) is 18.5 Å². The molecule has 3 rings (SSSR count). The van der Waals surface area contributed by atoms with Crippen LogP contribution < -0.4 is 5.73 Å². The molecule has 1 aromatic rings. The lowest BCUT2D eigenvalue weighted by Gasteiger charge is -2.48. The summed E-state index contributed by atoms with van der Waals surface area (Å²) in [7, 11) is 3.94. The van der Waals surface area contributed by atoms with Gasteiger partial charge in [0.2, 0.25) is 11.1 Å². The molecule has 14 heteroatoms. The van der Waals surface area contributed by atoms with Crippen molar-refractivity contribution in [3.63, 3.8) is 0 Å². The van der Waals surface area contributed by atoms with E-state index in [4.69, 9.17) is 15.2 Å². The van der Waals surface area contributed by atoms with Crippen molar-refractivity contribution in [1.29, 1.82) is 0 Å². The molecule has 0 aromatic carbocycles. The number of tetrazole rings is 1. The molecule has 3 heterocycles. The Kier molecular flexibility index (Phi) is 9.95. The molecule has 0 saturated carbocycles. The lowest BCUT2D eigenvalue weighted by Crippen LogP contribution is -2.68. The van der Waals surface area contributed by atoms with Gasteiger partial charge in [0.1, 0.15) is 30.3 Å². The Morgan fingerprint density at radius 3 is 2.77 bits per heavy atom.